The third-order valence-corrected chi connectivity index (χ3v) is 4.35. The number of H-pyrrole nitrogens is 1. The number of fused-ring (bicyclic) bond motifs is 1. The molecule has 0 saturated heterocycles. The van der Waals surface area contributed by atoms with Crippen molar-refractivity contribution in [1.82, 2.24) is 9.97 Å². The average Bonchev–Trinajstić information content (AvgIpc) is 3.14. The quantitative estimate of drug-likeness (QED) is 0.701. The Balaban J connectivity index is 1.83. The van der Waals surface area contributed by atoms with Gasteiger partial charge in [0, 0.05) is 10.7 Å². The number of aromatic amines is 1. The van der Waals surface area contributed by atoms with Crippen LogP contribution >= 0.6 is 11.6 Å². The number of nitrogens with two attached hydrogens (primary N) is 1. The Morgan fingerprint density at radius 3 is 2.55 bits per heavy atom. The van der Waals surface area contributed by atoms with Gasteiger partial charge in [-0.3, -0.25) is 0 Å². The number of halogens is 1. The van der Waals surface area contributed by atoms with Gasteiger partial charge in [-0.25, -0.2) is 4.98 Å². The highest BCUT2D eigenvalue weighted by Gasteiger charge is 2.48. The maximum atomic E-state index is 6.03. The zero-order valence-corrected chi connectivity index (χ0v) is 11.6. The highest BCUT2D eigenvalue weighted by molar-refractivity contribution is 6.31. The van der Waals surface area contributed by atoms with Crippen molar-refractivity contribution < 1.29 is 0 Å². The van der Waals surface area contributed by atoms with E-state index in [1.807, 2.05) is 30.3 Å². The van der Waals surface area contributed by atoms with E-state index in [1.165, 1.54) is 5.56 Å². The summed E-state index contributed by atoms with van der Waals surface area (Å²) < 4.78 is 0. The van der Waals surface area contributed by atoms with Crippen molar-refractivity contribution in [2.24, 2.45) is 0 Å². The van der Waals surface area contributed by atoms with Crippen LogP contribution in [0.5, 0.6) is 0 Å². The smallest absolute Gasteiger partial charge is 0.117 e. The first kappa shape index (κ1) is 11.8. The molecule has 0 aliphatic heterocycles. The van der Waals surface area contributed by atoms with E-state index in [1.54, 1.807) is 0 Å². The summed E-state index contributed by atoms with van der Waals surface area (Å²) in [5.74, 6) is 1.03. The zero-order valence-electron chi connectivity index (χ0n) is 10.9. The molecule has 1 aromatic heterocycles. The average molecular weight is 284 g/mol. The summed E-state index contributed by atoms with van der Waals surface area (Å²) in [4.78, 5) is 8.17. The van der Waals surface area contributed by atoms with Gasteiger partial charge in [0.25, 0.3) is 0 Å². The lowest BCUT2D eigenvalue weighted by Gasteiger charge is -2.12. The van der Waals surface area contributed by atoms with E-state index >= 15 is 0 Å². The predicted molar refractivity (Wildman–Crippen MR) is 82.0 cm³/mol. The molecular weight excluding hydrogens is 270 g/mol. The molecule has 20 heavy (non-hydrogen) atoms. The molecule has 0 amide bonds. The van der Waals surface area contributed by atoms with Crippen molar-refractivity contribution in [2.75, 3.05) is 5.73 Å². The van der Waals surface area contributed by atoms with Crippen molar-refractivity contribution in [3.05, 3.63) is 58.9 Å². The number of hydrogen-bond acceptors (Lipinski definition) is 2. The second kappa shape index (κ2) is 4.00. The SMILES string of the molecule is Nc1ccc(C2(c3nc4ccc(Cl)cc4[nH]3)CC2)cc1. The van der Waals surface area contributed by atoms with Gasteiger partial charge in [-0.2, -0.15) is 0 Å². The van der Waals surface area contributed by atoms with Gasteiger partial charge in [0.2, 0.25) is 0 Å². The maximum Gasteiger partial charge on any atom is 0.117 e. The summed E-state index contributed by atoms with van der Waals surface area (Å²) in [6.07, 6.45) is 2.23. The Morgan fingerprint density at radius 2 is 1.85 bits per heavy atom. The molecule has 3 N–H and O–H groups in total. The summed E-state index contributed by atoms with van der Waals surface area (Å²) >= 11 is 6.03. The molecule has 1 aliphatic carbocycles. The van der Waals surface area contributed by atoms with E-state index < -0.39 is 0 Å². The fraction of sp³-hybridized carbons (Fsp3) is 0.188. The van der Waals surface area contributed by atoms with E-state index in [-0.39, 0.29) is 5.41 Å². The third kappa shape index (κ3) is 1.70. The van der Waals surface area contributed by atoms with Crippen LogP contribution in [0, 0.1) is 0 Å². The van der Waals surface area contributed by atoms with Gasteiger partial charge in [-0.05, 0) is 48.7 Å². The molecule has 3 aromatic rings. The van der Waals surface area contributed by atoms with Crippen molar-refractivity contribution in [3.63, 3.8) is 0 Å². The first-order chi connectivity index (χ1) is 9.67. The number of nitrogen functional groups attached to an aromatic ring is 1. The number of nitrogens with one attached hydrogen (secondary N) is 1. The number of rotatable bonds is 2. The van der Waals surface area contributed by atoms with Crippen LogP contribution in [0.15, 0.2) is 42.5 Å². The van der Waals surface area contributed by atoms with Crippen LogP contribution in [0.25, 0.3) is 11.0 Å². The molecular formula is C16H14ClN3. The molecule has 1 heterocycles. The minimum atomic E-state index is 0.0270. The lowest BCUT2D eigenvalue weighted by molar-refractivity contribution is 0.779. The lowest BCUT2D eigenvalue weighted by Crippen LogP contribution is -2.10. The van der Waals surface area contributed by atoms with Crippen LogP contribution < -0.4 is 5.73 Å². The molecule has 4 heteroatoms. The molecule has 0 unspecified atom stereocenters. The normalized spacial score (nSPS) is 16.4. The van der Waals surface area contributed by atoms with Crippen molar-refractivity contribution in [3.8, 4) is 0 Å². The Kier molecular flexibility index (Phi) is 2.36. The Hall–Kier alpha value is -2.00. The van der Waals surface area contributed by atoms with Gasteiger partial charge < -0.3 is 10.7 Å². The van der Waals surface area contributed by atoms with E-state index in [0.717, 1.165) is 40.4 Å². The number of aromatic nitrogens is 2. The van der Waals surface area contributed by atoms with Crippen LogP contribution in [0.4, 0.5) is 5.69 Å². The largest absolute Gasteiger partial charge is 0.399 e. The van der Waals surface area contributed by atoms with Crippen LogP contribution in [-0.2, 0) is 5.41 Å². The highest BCUT2D eigenvalue weighted by atomic mass is 35.5. The summed E-state index contributed by atoms with van der Waals surface area (Å²) in [6, 6.07) is 13.9. The van der Waals surface area contributed by atoms with Gasteiger partial charge in [-0.1, -0.05) is 23.7 Å². The summed E-state index contributed by atoms with van der Waals surface area (Å²) in [7, 11) is 0. The Bertz CT molecular complexity index is 785. The van der Waals surface area contributed by atoms with Crippen LogP contribution in [-0.4, -0.2) is 9.97 Å². The molecule has 3 nitrogen and oxygen atoms in total. The highest BCUT2D eigenvalue weighted by Crippen LogP contribution is 2.52. The number of imidazole rings is 1. The number of nitrogens with zero attached hydrogens (tertiary/aromatic N) is 1. The second-order valence-corrected chi connectivity index (χ2v) is 5.89. The molecule has 4 rings (SSSR count). The van der Waals surface area contributed by atoms with Gasteiger partial charge in [0.1, 0.15) is 5.82 Å². The molecule has 2 aromatic carbocycles. The van der Waals surface area contributed by atoms with E-state index in [4.69, 9.17) is 22.3 Å². The van der Waals surface area contributed by atoms with Gasteiger partial charge in [-0.15, -0.1) is 0 Å². The first-order valence-electron chi connectivity index (χ1n) is 6.69. The van der Waals surface area contributed by atoms with E-state index in [2.05, 4.69) is 17.1 Å². The minimum absolute atomic E-state index is 0.0270. The molecule has 0 atom stereocenters. The van der Waals surface area contributed by atoms with Crippen LogP contribution in [0.1, 0.15) is 24.2 Å². The fourth-order valence-corrected chi connectivity index (χ4v) is 2.97. The standard InChI is InChI=1S/C16H14ClN3/c17-11-3-6-13-14(9-11)20-15(19-13)16(7-8-16)10-1-4-12(18)5-2-10/h1-6,9H,7-8,18H2,(H,19,20). The molecule has 0 bridgehead atoms. The number of hydrogen-bond donors (Lipinski definition) is 2. The molecule has 1 fully saturated rings. The summed E-state index contributed by atoms with van der Waals surface area (Å²) in [6.45, 7) is 0. The Labute approximate surface area is 121 Å². The third-order valence-electron chi connectivity index (χ3n) is 4.11. The summed E-state index contributed by atoms with van der Waals surface area (Å²) in [5.41, 5.74) is 9.82. The second-order valence-electron chi connectivity index (χ2n) is 5.45. The molecule has 0 radical (unpaired) electrons. The topological polar surface area (TPSA) is 54.7 Å². The summed E-state index contributed by atoms with van der Waals surface area (Å²) in [5, 5.41) is 0.727. The van der Waals surface area contributed by atoms with E-state index in [9.17, 15) is 0 Å². The van der Waals surface area contributed by atoms with Gasteiger partial charge in [0.05, 0.1) is 16.4 Å². The first-order valence-corrected chi connectivity index (χ1v) is 7.07. The molecule has 1 saturated carbocycles. The van der Waals surface area contributed by atoms with Crippen molar-refractivity contribution >= 4 is 28.3 Å². The minimum Gasteiger partial charge on any atom is -0.399 e. The Morgan fingerprint density at radius 1 is 1.10 bits per heavy atom. The molecule has 1 aliphatic rings. The van der Waals surface area contributed by atoms with Gasteiger partial charge >= 0.3 is 0 Å². The monoisotopic (exact) mass is 283 g/mol. The van der Waals surface area contributed by atoms with Crippen LogP contribution in [0.2, 0.25) is 5.02 Å². The lowest BCUT2D eigenvalue weighted by atomic mass is 9.95. The fourth-order valence-electron chi connectivity index (χ4n) is 2.80. The van der Waals surface area contributed by atoms with Crippen molar-refractivity contribution in [1.29, 1.82) is 0 Å². The maximum absolute atomic E-state index is 6.03. The molecule has 0 spiro atoms. The number of benzene rings is 2. The number of anilines is 1. The van der Waals surface area contributed by atoms with Gasteiger partial charge in [0.15, 0.2) is 0 Å². The molecule has 100 valence electrons. The van der Waals surface area contributed by atoms with E-state index in [0.29, 0.717) is 0 Å². The van der Waals surface area contributed by atoms with Crippen LogP contribution in [0.3, 0.4) is 0 Å². The zero-order chi connectivity index (χ0) is 13.7. The predicted octanol–water partition coefficient (Wildman–Crippen LogP) is 3.88. The van der Waals surface area contributed by atoms with Crippen molar-refractivity contribution in [2.45, 2.75) is 18.3 Å².